The average Bonchev–Trinajstić information content (AvgIpc) is 1.97. The lowest BCUT2D eigenvalue weighted by Crippen LogP contribution is -2.10. The monoisotopic (exact) mass is 158 g/mol. The van der Waals surface area contributed by atoms with Gasteiger partial charge in [-0.15, -0.1) is 0 Å². The Balaban J connectivity index is 3.91. The van der Waals surface area contributed by atoms with E-state index in [-0.39, 0.29) is 6.29 Å². The van der Waals surface area contributed by atoms with Crippen molar-refractivity contribution in [2.24, 2.45) is 0 Å². The second kappa shape index (κ2) is 5.40. The van der Waals surface area contributed by atoms with E-state index in [4.69, 9.17) is 0 Å². The third-order valence-corrected chi connectivity index (χ3v) is 0.976. The summed E-state index contributed by atoms with van der Waals surface area (Å²) in [4.78, 5) is 19.3. The van der Waals surface area contributed by atoms with Crippen LogP contribution in [0.3, 0.4) is 0 Å². The SMILES string of the molecule is CCCNC=C(C=O)[N+](=O)[O-]. The molecule has 0 bridgehead atoms. The van der Waals surface area contributed by atoms with Crippen molar-refractivity contribution in [3.05, 3.63) is 22.0 Å². The van der Waals surface area contributed by atoms with Crippen LogP contribution in [-0.4, -0.2) is 17.8 Å². The standard InChI is InChI=1S/C6H10N2O3/c1-2-3-7-4-6(5-9)8(10)11/h4-5,7H,2-3H2,1H3. The highest BCUT2D eigenvalue weighted by atomic mass is 16.6. The summed E-state index contributed by atoms with van der Waals surface area (Å²) in [6.45, 7) is 2.55. The zero-order valence-corrected chi connectivity index (χ0v) is 6.24. The van der Waals surface area contributed by atoms with Crippen LogP contribution in [0.1, 0.15) is 13.3 Å². The van der Waals surface area contributed by atoms with Crippen molar-refractivity contribution in [3.63, 3.8) is 0 Å². The van der Waals surface area contributed by atoms with Gasteiger partial charge in [0.15, 0.2) is 0 Å². The van der Waals surface area contributed by atoms with Gasteiger partial charge in [-0.05, 0) is 6.42 Å². The highest BCUT2D eigenvalue weighted by Gasteiger charge is 2.06. The molecule has 0 unspecified atom stereocenters. The summed E-state index contributed by atoms with van der Waals surface area (Å²) >= 11 is 0. The van der Waals surface area contributed by atoms with Gasteiger partial charge in [0.1, 0.15) is 0 Å². The smallest absolute Gasteiger partial charge is 0.324 e. The third-order valence-electron chi connectivity index (χ3n) is 0.976. The predicted octanol–water partition coefficient (Wildman–Crippen LogP) is 0.303. The fourth-order valence-electron chi connectivity index (χ4n) is 0.451. The van der Waals surface area contributed by atoms with Gasteiger partial charge in [0, 0.05) is 6.54 Å². The van der Waals surface area contributed by atoms with Crippen LogP contribution in [0.5, 0.6) is 0 Å². The van der Waals surface area contributed by atoms with Crippen molar-refractivity contribution in [1.82, 2.24) is 5.32 Å². The molecule has 0 saturated carbocycles. The molecule has 11 heavy (non-hydrogen) atoms. The second-order valence-electron chi connectivity index (χ2n) is 1.90. The van der Waals surface area contributed by atoms with Gasteiger partial charge in [-0.2, -0.15) is 0 Å². The zero-order valence-electron chi connectivity index (χ0n) is 6.24. The minimum absolute atomic E-state index is 0.211. The summed E-state index contributed by atoms with van der Waals surface area (Å²) in [6.07, 6.45) is 2.18. The molecule has 0 radical (unpaired) electrons. The van der Waals surface area contributed by atoms with Gasteiger partial charge in [0.05, 0.1) is 11.1 Å². The van der Waals surface area contributed by atoms with Gasteiger partial charge in [0.25, 0.3) is 0 Å². The molecule has 0 fully saturated rings. The second-order valence-corrected chi connectivity index (χ2v) is 1.90. The number of hydrogen-bond donors (Lipinski definition) is 1. The highest BCUT2D eigenvalue weighted by molar-refractivity contribution is 5.69. The molecule has 0 spiro atoms. The molecule has 0 atom stereocenters. The van der Waals surface area contributed by atoms with Crippen molar-refractivity contribution in [2.45, 2.75) is 13.3 Å². The normalized spacial score (nSPS) is 10.8. The number of carbonyl (C=O) groups is 1. The fourth-order valence-corrected chi connectivity index (χ4v) is 0.451. The molecular formula is C6H10N2O3. The van der Waals surface area contributed by atoms with Crippen LogP contribution in [-0.2, 0) is 4.79 Å². The first-order chi connectivity index (χ1) is 5.22. The molecule has 0 aliphatic rings. The Hall–Kier alpha value is -1.39. The maximum Gasteiger partial charge on any atom is 0.324 e. The molecule has 0 aromatic rings. The maximum absolute atomic E-state index is 9.99. The van der Waals surface area contributed by atoms with Crippen LogP contribution >= 0.6 is 0 Å². The van der Waals surface area contributed by atoms with Gasteiger partial charge in [0.2, 0.25) is 6.29 Å². The summed E-state index contributed by atoms with van der Waals surface area (Å²) < 4.78 is 0. The van der Waals surface area contributed by atoms with E-state index in [1.165, 1.54) is 0 Å². The lowest BCUT2D eigenvalue weighted by Gasteiger charge is -1.93. The first-order valence-electron chi connectivity index (χ1n) is 3.25. The molecule has 0 aliphatic heterocycles. The Bertz CT molecular complexity index is 177. The summed E-state index contributed by atoms with van der Waals surface area (Å²) in [6, 6.07) is 0. The molecule has 0 aromatic heterocycles. The van der Waals surface area contributed by atoms with E-state index >= 15 is 0 Å². The molecule has 0 rings (SSSR count). The minimum atomic E-state index is -0.727. The first-order valence-corrected chi connectivity index (χ1v) is 3.25. The molecule has 0 saturated heterocycles. The molecule has 62 valence electrons. The highest BCUT2D eigenvalue weighted by Crippen LogP contribution is 1.86. The third kappa shape index (κ3) is 4.07. The molecule has 0 aromatic carbocycles. The molecular weight excluding hydrogens is 148 g/mol. The summed E-state index contributed by atoms with van der Waals surface area (Å²) in [5, 5.41) is 12.6. The molecule has 0 heterocycles. The van der Waals surface area contributed by atoms with Crippen LogP contribution in [0.4, 0.5) is 0 Å². The van der Waals surface area contributed by atoms with E-state index < -0.39 is 10.6 Å². The Labute approximate surface area is 64.2 Å². The Kier molecular flexibility index (Phi) is 4.72. The van der Waals surface area contributed by atoms with Gasteiger partial charge in [-0.1, -0.05) is 6.92 Å². The van der Waals surface area contributed by atoms with Crippen molar-refractivity contribution in [3.8, 4) is 0 Å². The van der Waals surface area contributed by atoms with E-state index in [9.17, 15) is 14.9 Å². The van der Waals surface area contributed by atoms with E-state index in [1.54, 1.807) is 0 Å². The average molecular weight is 158 g/mol. The Morgan fingerprint density at radius 3 is 2.73 bits per heavy atom. The maximum atomic E-state index is 9.99. The number of rotatable bonds is 5. The summed E-state index contributed by atoms with van der Waals surface area (Å²) in [7, 11) is 0. The topological polar surface area (TPSA) is 72.2 Å². The van der Waals surface area contributed by atoms with Gasteiger partial charge in [-0.3, -0.25) is 14.9 Å². The van der Waals surface area contributed by atoms with Crippen molar-refractivity contribution < 1.29 is 9.72 Å². The van der Waals surface area contributed by atoms with E-state index in [2.05, 4.69) is 5.32 Å². The van der Waals surface area contributed by atoms with E-state index in [1.807, 2.05) is 6.92 Å². The number of nitrogens with one attached hydrogen (secondary N) is 1. The number of allylic oxidation sites excluding steroid dienone is 1. The lowest BCUT2D eigenvalue weighted by molar-refractivity contribution is -0.417. The number of nitro groups is 1. The first kappa shape index (κ1) is 9.61. The quantitative estimate of drug-likeness (QED) is 0.205. The summed E-state index contributed by atoms with van der Waals surface area (Å²) in [5.74, 6) is 0. The number of aldehydes is 1. The largest absolute Gasteiger partial charge is 0.385 e. The predicted molar refractivity (Wildman–Crippen MR) is 39.4 cm³/mol. The van der Waals surface area contributed by atoms with E-state index in [0.717, 1.165) is 12.6 Å². The van der Waals surface area contributed by atoms with E-state index in [0.29, 0.717) is 6.54 Å². The zero-order chi connectivity index (χ0) is 8.69. The van der Waals surface area contributed by atoms with Crippen molar-refractivity contribution in [1.29, 1.82) is 0 Å². The Morgan fingerprint density at radius 2 is 2.36 bits per heavy atom. The number of hydrogen-bond acceptors (Lipinski definition) is 4. The molecule has 0 amide bonds. The summed E-state index contributed by atoms with van der Waals surface area (Å²) in [5.41, 5.74) is -0.446. The van der Waals surface area contributed by atoms with Crippen LogP contribution in [0.2, 0.25) is 0 Å². The number of nitrogens with zero attached hydrogens (tertiary/aromatic N) is 1. The molecule has 0 aliphatic carbocycles. The van der Waals surface area contributed by atoms with Crippen LogP contribution in [0, 0.1) is 10.1 Å². The molecule has 5 nitrogen and oxygen atoms in total. The van der Waals surface area contributed by atoms with Crippen LogP contribution in [0.25, 0.3) is 0 Å². The molecule has 1 N–H and O–H groups in total. The van der Waals surface area contributed by atoms with Crippen molar-refractivity contribution >= 4 is 6.29 Å². The Morgan fingerprint density at radius 1 is 1.73 bits per heavy atom. The number of carbonyl (C=O) groups excluding carboxylic acids is 1. The van der Waals surface area contributed by atoms with Gasteiger partial charge >= 0.3 is 5.70 Å². The van der Waals surface area contributed by atoms with Crippen LogP contribution < -0.4 is 5.32 Å². The molecule has 5 heteroatoms. The van der Waals surface area contributed by atoms with Gasteiger partial charge < -0.3 is 5.32 Å². The lowest BCUT2D eigenvalue weighted by atomic mass is 10.5. The van der Waals surface area contributed by atoms with Gasteiger partial charge in [-0.25, -0.2) is 0 Å². The van der Waals surface area contributed by atoms with Crippen LogP contribution in [0.15, 0.2) is 11.9 Å². The van der Waals surface area contributed by atoms with Crippen molar-refractivity contribution in [2.75, 3.05) is 6.54 Å². The minimum Gasteiger partial charge on any atom is -0.385 e. The fraction of sp³-hybridized carbons (Fsp3) is 0.500.